The van der Waals surface area contributed by atoms with Crippen LogP contribution >= 0.6 is 0 Å². The first-order valence-corrected chi connectivity index (χ1v) is 9.27. The Morgan fingerprint density at radius 3 is 2.71 bits per heavy atom. The van der Waals surface area contributed by atoms with Crippen molar-refractivity contribution in [1.82, 2.24) is 18.7 Å². The molecule has 1 aliphatic rings. The van der Waals surface area contributed by atoms with Crippen LogP contribution in [0, 0.1) is 0 Å². The standard InChI is InChI=1S/C19H23N5O4/c1-4-27-10-11-28-14-7-5-6-13(12-14)23-8-9-24-15-16(20-18(23)24)21(2)19(26)22(3)17(15)25/h5-7,12H,4,8-11H2,1-3H3. The molecule has 9 heteroatoms. The number of aromatic nitrogens is 4. The molecule has 0 aliphatic carbocycles. The SMILES string of the molecule is CCOCCOc1cccc(N2CCn3c2nc2c3c(=O)n(C)c(=O)n2C)c1. The molecule has 9 nitrogen and oxygen atoms in total. The van der Waals surface area contributed by atoms with Crippen LogP contribution in [0.1, 0.15) is 6.92 Å². The van der Waals surface area contributed by atoms with Gasteiger partial charge < -0.3 is 18.9 Å². The van der Waals surface area contributed by atoms with E-state index in [9.17, 15) is 9.59 Å². The van der Waals surface area contributed by atoms with Crippen molar-refractivity contribution >= 4 is 22.8 Å². The van der Waals surface area contributed by atoms with Gasteiger partial charge in [-0.1, -0.05) is 6.07 Å². The molecule has 0 radical (unpaired) electrons. The molecule has 0 fully saturated rings. The Hall–Kier alpha value is -3.07. The molecule has 0 saturated carbocycles. The van der Waals surface area contributed by atoms with Crippen molar-refractivity contribution < 1.29 is 9.47 Å². The number of hydrogen-bond acceptors (Lipinski definition) is 6. The Labute approximate surface area is 161 Å². The van der Waals surface area contributed by atoms with Crippen molar-refractivity contribution in [3.8, 4) is 5.75 Å². The zero-order valence-electron chi connectivity index (χ0n) is 16.2. The van der Waals surface area contributed by atoms with Crippen LogP contribution in [-0.2, 0) is 25.4 Å². The van der Waals surface area contributed by atoms with Crippen LogP contribution in [0.15, 0.2) is 33.9 Å². The van der Waals surface area contributed by atoms with Gasteiger partial charge >= 0.3 is 5.69 Å². The summed E-state index contributed by atoms with van der Waals surface area (Å²) in [4.78, 5) is 31.5. The van der Waals surface area contributed by atoms with Crippen molar-refractivity contribution in [3.63, 3.8) is 0 Å². The van der Waals surface area contributed by atoms with E-state index in [4.69, 9.17) is 9.47 Å². The van der Waals surface area contributed by atoms with Gasteiger partial charge in [-0.25, -0.2) is 4.79 Å². The van der Waals surface area contributed by atoms with Crippen molar-refractivity contribution in [1.29, 1.82) is 0 Å². The van der Waals surface area contributed by atoms with Crippen LogP contribution in [-0.4, -0.2) is 45.1 Å². The minimum absolute atomic E-state index is 0.327. The van der Waals surface area contributed by atoms with Gasteiger partial charge in [-0.15, -0.1) is 0 Å². The Balaban J connectivity index is 1.71. The zero-order chi connectivity index (χ0) is 19.8. The highest BCUT2D eigenvalue weighted by atomic mass is 16.5. The fourth-order valence-corrected chi connectivity index (χ4v) is 3.50. The molecular formula is C19H23N5O4. The van der Waals surface area contributed by atoms with Gasteiger partial charge in [0.15, 0.2) is 11.2 Å². The highest BCUT2D eigenvalue weighted by Gasteiger charge is 2.28. The summed E-state index contributed by atoms with van der Waals surface area (Å²) in [6, 6.07) is 7.74. The molecule has 1 aromatic carbocycles. The van der Waals surface area contributed by atoms with E-state index in [1.54, 1.807) is 7.05 Å². The maximum atomic E-state index is 12.6. The second-order valence-corrected chi connectivity index (χ2v) is 6.64. The predicted octanol–water partition coefficient (Wildman–Crippen LogP) is 1.00. The topological polar surface area (TPSA) is 83.5 Å². The van der Waals surface area contributed by atoms with E-state index in [2.05, 4.69) is 4.98 Å². The summed E-state index contributed by atoms with van der Waals surface area (Å²) >= 11 is 0. The van der Waals surface area contributed by atoms with E-state index in [0.717, 1.165) is 16.0 Å². The molecule has 0 unspecified atom stereocenters. The van der Waals surface area contributed by atoms with Crippen molar-refractivity contribution in [2.45, 2.75) is 13.5 Å². The van der Waals surface area contributed by atoms with E-state index < -0.39 is 0 Å². The van der Waals surface area contributed by atoms with Crippen LogP contribution in [0.2, 0.25) is 0 Å². The van der Waals surface area contributed by atoms with Crippen molar-refractivity contribution in [2.24, 2.45) is 14.1 Å². The second kappa shape index (κ2) is 7.16. The third kappa shape index (κ3) is 2.88. The van der Waals surface area contributed by atoms with E-state index in [-0.39, 0.29) is 11.2 Å². The number of fused-ring (bicyclic) bond motifs is 3. The first-order chi connectivity index (χ1) is 13.5. The third-order valence-corrected chi connectivity index (χ3v) is 4.95. The number of benzene rings is 1. The monoisotopic (exact) mass is 385 g/mol. The molecule has 0 N–H and O–H groups in total. The molecule has 4 rings (SSSR count). The lowest BCUT2D eigenvalue weighted by molar-refractivity contribution is 0.110. The third-order valence-electron chi connectivity index (χ3n) is 4.95. The van der Waals surface area contributed by atoms with E-state index in [1.165, 1.54) is 11.6 Å². The van der Waals surface area contributed by atoms with Gasteiger partial charge in [0.25, 0.3) is 5.56 Å². The second-order valence-electron chi connectivity index (χ2n) is 6.64. The molecule has 3 aromatic rings. The first kappa shape index (κ1) is 18.3. The molecule has 0 atom stereocenters. The number of hydrogen-bond donors (Lipinski definition) is 0. The Kier molecular flexibility index (Phi) is 4.68. The van der Waals surface area contributed by atoms with Crippen LogP contribution in [0.5, 0.6) is 5.75 Å². The molecule has 1 aliphatic heterocycles. The zero-order valence-corrected chi connectivity index (χ0v) is 16.2. The molecule has 2 aromatic heterocycles. The fraction of sp³-hybridized carbons (Fsp3) is 0.421. The average Bonchev–Trinajstić information content (AvgIpc) is 3.27. The van der Waals surface area contributed by atoms with E-state index in [0.29, 0.717) is 50.0 Å². The van der Waals surface area contributed by atoms with Gasteiger partial charge in [-0.05, 0) is 19.1 Å². The number of anilines is 2. The molecule has 148 valence electrons. The minimum atomic E-state index is -0.384. The number of ether oxygens (including phenoxy) is 2. The van der Waals surface area contributed by atoms with Crippen LogP contribution in [0.4, 0.5) is 11.6 Å². The summed E-state index contributed by atoms with van der Waals surface area (Å²) in [7, 11) is 3.11. The molecule has 0 amide bonds. The highest BCUT2D eigenvalue weighted by Crippen LogP contribution is 2.33. The Morgan fingerprint density at radius 2 is 1.93 bits per heavy atom. The maximum Gasteiger partial charge on any atom is 0.332 e. The quantitative estimate of drug-likeness (QED) is 0.589. The first-order valence-electron chi connectivity index (χ1n) is 9.27. The largest absolute Gasteiger partial charge is 0.491 e. The van der Waals surface area contributed by atoms with Gasteiger partial charge in [0.1, 0.15) is 12.4 Å². The lowest BCUT2D eigenvalue weighted by atomic mass is 10.3. The van der Waals surface area contributed by atoms with Gasteiger partial charge in [0.2, 0.25) is 5.95 Å². The van der Waals surface area contributed by atoms with Gasteiger partial charge in [0, 0.05) is 45.5 Å². The highest BCUT2D eigenvalue weighted by molar-refractivity contribution is 5.77. The number of aryl methyl sites for hydroxylation is 1. The van der Waals surface area contributed by atoms with E-state index in [1.807, 2.05) is 40.7 Å². The number of imidazole rings is 1. The molecular weight excluding hydrogens is 362 g/mol. The lowest BCUT2D eigenvalue weighted by Crippen LogP contribution is -2.37. The summed E-state index contributed by atoms with van der Waals surface area (Å²) in [6.07, 6.45) is 0. The lowest BCUT2D eigenvalue weighted by Gasteiger charge is -2.17. The van der Waals surface area contributed by atoms with Crippen molar-refractivity contribution in [3.05, 3.63) is 45.1 Å². The van der Waals surface area contributed by atoms with Gasteiger partial charge in [0.05, 0.1) is 6.61 Å². The molecule has 28 heavy (non-hydrogen) atoms. The summed E-state index contributed by atoms with van der Waals surface area (Å²) in [6.45, 7) is 4.94. The Morgan fingerprint density at radius 1 is 1.11 bits per heavy atom. The molecule has 0 spiro atoms. The smallest absolute Gasteiger partial charge is 0.332 e. The molecule has 0 bridgehead atoms. The van der Waals surface area contributed by atoms with Crippen molar-refractivity contribution in [2.75, 3.05) is 31.3 Å². The summed E-state index contributed by atoms with van der Waals surface area (Å²) in [5.41, 5.74) is 1.06. The predicted molar refractivity (Wildman–Crippen MR) is 106 cm³/mol. The van der Waals surface area contributed by atoms with Crippen LogP contribution in [0.3, 0.4) is 0 Å². The maximum absolute atomic E-state index is 12.6. The molecule has 3 heterocycles. The number of nitrogens with zero attached hydrogens (tertiary/aromatic N) is 5. The van der Waals surface area contributed by atoms with Crippen LogP contribution < -0.4 is 20.9 Å². The normalized spacial score (nSPS) is 13.3. The average molecular weight is 385 g/mol. The van der Waals surface area contributed by atoms with E-state index >= 15 is 0 Å². The minimum Gasteiger partial charge on any atom is -0.491 e. The Bertz CT molecular complexity index is 1140. The van der Waals surface area contributed by atoms with Crippen LogP contribution in [0.25, 0.3) is 11.2 Å². The summed E-state index contributed by atoms with van der Waals surface area (Å²) in [5, 5.41) is 0. The summed E-state index contributed by atoms with van der Waals surface area (Å²) in [5.74, 6) is 1.40. The van der Waals surface area contributed by atoms with Gasteiger partial charge in [-0.3, -0.25) is 13.9 Å². The number of rotatable bonds is 6. The molecule has 0 saturated heterocycles. The van der Waals surface area contributed by atoms with Gasteiger partial charge in [-0.2, -0.15) is 4.98 Å². The fourth-order valence-electron chi connectivity index (χ4n) is 3.50. The summed E-state index contributed by atoms with van der Waals surface area (Å²) < 4.78 is 15.4.